The van der Waals surface area contributed by atoms with Gasteiger partial charge in [0.2, 0.25) is 0 Å². The molecule has 2 nitrogen and oxygen atoms in total. The molecule has 3 rings (SSSR count). The third-order valence-corrected chi connectivity index (χ3v) is 5.13. The maximum Gasteiger partial charge on any atom is 0.170 e. The van der Waals surface area contributed by atoms with Crippen LogP contribution in [0.5, 0.6) is 0 Å². The molecule has 3 heteroatoms. The van der Waals surface area contributed by atoms with Crippen LogP contribution in [0.15, 0.2) is 84.9 Å². The summed E-state index contributed by atoms with van der Waals surface area (Å²) in [7, 11) is 0. The molecule has 0 spiro atoms. The highest BCUT2D eigenvalue weighted by molar-refractivity contribution is 7.80. The van der Waals surface area contributed by atoms with Crippen LogP contribution in [0.4, 0.5) is 5.69 Å². The molecule has 2 N–H and O–H groups in total. The van der Waals surface area contributed by atoms with Gasteiger partial charge in [-0.25, -0.2) is 0 Å². The molecule has 0 saturated carbocycles. The van der Waals surface area contributed by atoms with Gasteiger partial charge in [0.25, 0.3) is 0 Å². The minimum atomic E-state index is 0.149. The lowest BCUT2D eigenvalue weighted by atomic mass is 9.87. The first kappa shape index (κ1) is 20.1. The molecular weight excluding hydrogens is 360 g/mol. The normalized spacial score (nSPS) is 11.3. The van der Waals surface area contributed by atoms with E-state index in [1.165, 1.54) is 16.7 Å². The minimum absolute atomic E-state index is 0.149. The van der Waals surface area contributed by atoms with E-state index in [-0.39, 0.29) is 11.3 Å². The number of hydrogen-bond donors (Lipinski definition) is 2. The number of thiocarbonyl (C=S) groups is 1. The Kier molecular flexibility index (Phi) is 6.48. The van der Waals surface area contributed by atoms with Crippen LogP contribution in [-0.2, 0) is 5.41 Å². The maximum absolute atomic E-state index is 5.54. The molecule has 0 saturated heterocycles. The summed E-state index contributed by atoms with van der Waals surface area (Å²) in [4.78, 5) is 0. The molecule has 0 amide bonds. The SMILES string of the molecule is CC(C)(C)c1ccc(NC(=S)NCC(c2ccccc2)c2ccccc2)cc1. The molecule has 0 atom stereocenters. The Labute approximate surface area is 174 Å². The summed E-state index contributed by atoms with van der Waals surface area (Å²) < 4.78 is 0. The molecular formula is C25H28N2S. The first-order valence-electron chi connectivity index (χ1n) is 9.69. The summed E-state index contributed by atoms with van der Waals surface area (Å²) in [6, 6.07) is 29.6. The number of hydrogen-bond acceptors (Lipinski definition) is 1. The lowest BCUT2D eigenvalue weighted by molar-refractivity contribution is 0.590. The second kappa shape index (κ2) is 9.03. The second-order valence-electron chi connectivity index (χ2n) is 8.04. The third kappa shape index (κ3) is 5.43. The molecule has 0 aliphatic rings. The molecule has 0 aliphatic heterocycles. The highest BCUT2D eigenvalue weighted by Gasteiger charge is 2.15. The standard InChI is InChI=1S/C25H28N2S/c1-25(2,3)21-14-16-22(17-15-21)27-24(28)26-18-23(19-10-6-4-7-11-19)20-12-8-5-9-13-20/h4-17,23H,18H2,1-3H3,(H2,26,27,28). The minimum Gasteiger partial charge on any atom is -0.361 e. The second-order valence-corrected chi connectivity index (χ2v) is 8.44. The van der Waals surface area contributed by atoms with E-state index in [1.54, 1.807) is 0 Å². The molecule has 0 radical (unpaired) electrons. The van der Waals surface area contributed by atoms with Gasteiger partial charge in [-0.15, -0.1) is 0 Å². The lowest BCUT2D eigenvalue weighted by Crippen LogP contribution is -2.32. The highest BCUT2D eigenvalue weighted by atomic mass is 32.1. The fourth-order valence-electron chi connectivity index (χ4n) is 3.22. The number of benzene rings is 3. The van der Waals surface area contributed by atoms with Crippen LogP contribution >= 0.6 is 12.2 Å². The van der Waals surface area contributed by atoms with Crippen molar-refractivity contribution in [1.29, 1.82) is 0 Å². The van der Waals surface area contributed by atoms with Gasteiger partial charge in [0.05, 0.1) is 0 Å². The van der Waals surface area contributed by atoms with Crippen LogP contribution in [0.25, 0.3) is 0 Å². The zero-order valence-electron chi connectivity index (χ0n) is 16.8. The predicted molar refractivity (Wildman–Crippen MR) is 124 cm³/mol. The summed E-state index contributed by atoms with van der Waals surface area (Å²) >= 11 is 5.54. The van der Waals surface area contributed by atoms with Crippen LogP contribution < -0.4 is 10.6 Å². The summed E-state index contributed by atoms with van der Waals surface area (Å²) in [6.07, 6.45) is 0. The third-order valence-electron chi connectivity index (χ3n) is 4.88. The molecule has 28 heavy (non-hydrogen) atoms. The largest absolute Gasteiger partial charge is 0.361 e. The van der Waals surface area contributed by atoms with E-state index in [1.807, 2.05) is 12.1 Å². The van der Waals surface area contributed by atoms with Gasteiger partial charge in [0.15, 0.2) is 5.11 Å². The van der Waals surface area contributed by atoms with Crippen LogP contribution in [0.3, 0.4) is 0 Å². The van der Waals surface area contributed by atoms with Gasteiger partial charge >= 0.3 is 0 Å². The zero-order valence-corrected chi connectivity index (χ0v) is 17.6. The van der Waals surface area contributed by atoms with Crippen LogP contribution in [0.2, 0.25) is 0 Å². The molecule has 0 aliphatic carbocycles. The Morgan fingerprint density at radius 1 is 0.786 bits per heavy atom. The molecule has 3 aromatic rings. The first-order valence-corrected chi connectivity index (χ1v) is 10.1. The van der Waals surface area contributed by atoms with E-state index in [2.05, 4.69) is 104 Å². The van der Waals surface area contributed by atoms with Crippen LogP contribution in [-0.4, -0.2) is 11.7 Å². The molecule has 0 fully saturated rings. The Bertz CT molecular complexity index is 842. The van der Waals surface area contributed by atoms with Crippen molar-refractivity contribution in [1.82, 2.24) is 5.32 Å². The van der Waals surface area contributed by atoms with Crippen LogP contribution in [0, 0.1) is 0 Å². The number of rotatable bonds is 5. The van der Waals surface area contributed by atoms with E-state index in [0.29, 0.717) is 5.11 Å². The van der Waals surface area contributed by atoms with Crippen molar-refractivity contribution in [3.05, 3.63) is 102 Å². The van der Waals surface area contributed by atoms with Gasteiger partial charge in [-0.2, -0.15) is 0 Å². The summed E-state index contributed by atoms with van der Waals surface area (Å²) in [6.45, 7) is 7.39. The Morgan fingerprint density at radius 2 is 1.29 bits per heavy atom. The number of anilines is 1. The highest BCUT2D eigenvalue weighted by Crippen LogP contribution is 2.25. The lowest BCUT2D eigenvalue weighted by Gasteiger charge is -2.21. The monoisotopic (exact) mass is 388 g/mol. The fourth-order valence-corrected chi connectivity index (χ4v) is 3.42. The first-order chi connectivity index (χ1) is 13.4. The number of nitrogens with one attached hydrogen (secondary N) is 2. The summed E-state index contributed by atoms with van der Waals surface area (Å²) in [5.41, 5.74) is 5.01. The van der Waals surface area contributed by atoms with Gasteiger partial charge in [-0.05, 0) is 46.5 Å². The Balaban J connectivity index is 1.65. The van der Waals surface area contributed by atoms with Crippen molar-refractivity contribution in [3.8, 4) is 0 Å². The maximum atomic E-state index is 5.54. The molecule has 0 aromatic heterocycles. The van der Waals surface area contributed by atoms with E-state index >= 15 is 0 Å². The average Bonchev–Trinajstić information content (AvgIpc) is 2.69. The predicted octanol–water partition coefficient (Wildman–Crippen LogP) is 6.10. The molecule has 144 valence electrons. The molecule has 0 heterocycles. The Morgan fingerprint density at radius 3 is 1.75 bits per heavy atom. The van der Waals surface area contributed by atoms with Gasteiger partial charge < -0.3 is 10.6 Å². The average molecular weight is 389 g/mol. The van der Waals surface area contributed by atoms with Gasteiger partial charge in [-0.3, -0.25) is 0 Å². The van der Waals surface area contributed by atoms with E-state index in [9.17, 15) is 0 Å². The quantitative estimate of drug-likeness (QED) is 0.516. The molecule has 0 bridgehead atoms. The van der Waals surface area contributed by atoms with Crippen molar-refractivity contribution < 1.29 is 0 Å². The molecule has 0 unspecified atom stereocenters. The van der Waals surface area contributed by atoms with Gasteiger partial charge in [0.1, 0.15) is 0 Å². The van der Waals surface area contributed by atoms with Gasteiger partial charge in [-0.1, -0.05) is 93.6 Å². The van der Waals surface area contributed by atoms with E-state index in [0.717, 1.165) is 12.2 Å². The van der Waals surface area contributed by atoms with Crippen molar-refractivity contribution in [2.75, 3.05) is 11.9 Å². The van der Waals surface area contributed by atoms with Gasteiger partial charge in [0, 0.05) is 18.2 Å². The van der Waals surface area contributed by atoms with E-state index < -0.39 is 0 Å². The van der Waals surface area contributed by atoms with Crippen molar-refractivity contribution in [2.45, 2.75) is 32.1 Å². The van der Waals surface area contributed by atoms with Crippen molar-refractivity contribution in [2.24, 2.45) is 0 Å². The van der Waals surface area contributed by atoms with Crippen molar-refractivity contribution in [3.63, 3.8) is 0 Å². The van der Waals surface area contributed by atoms with Crippen molar-refractivity contribution >= 4 is 23.0 Å². The summed E-state index contributed by atoms with van der Waals surface area (Å²) in [5.74, 6) is 0.241. The van der Waals surface area contributed by atoms with E-state index in [4.69, 9.17) is 12.2 Å². The topological polar surface area (TPSA) is 24.1 Å². The fraction of sp³-hybridized carbons (Fsp3) is 0.240. The zero-order chi connectivity index (χ0) is 20.0. The molecule has 3 aromatic carbocycles. The summed E-state index contributed by atoms with van der Waals surface area (Å²) in [5, 5.41) is 7.33. The Hall–Kier alpha value is -2.65. The van der Waals surface area contributed by atoms with Crippen LogP contribution in [0.1, 0.15) is 43.4 Å². The smallest absolute Gasteiger partial charge is 0.170 e.